The van der Waals surface area contributed by atoms with Gasteiger partial charge in [0.05, 0.1) is 30.7 Å². The zero-order chi connectivity index (χ0) is 25.7. The van der Waals surface area contributed by atoms with Crippen LogP contribution >= 0.6 is 0 Å². The molecule has 1 aromatic carbocycles. The molecule has 4 N–H and O–H groups in total. The number of amides is 1. The minimum Gasteiger partial charge on any atom is -0.743 e. The number of anilines is 4. The summed E-state index contributed by atoms with van der Waals surface area (Å²) in [5.74, 6) is 0.486. The fraction of sp³-hybridized carbons (Fsp3) is 0.333. The van der Waals surface area contributed by atoms with Crippen molar-refractivity contribution in [2.45, 2.75) is 32.2 Å². The van der Waals surface area contributed by atoms with Gasteiger partial charge in [-0.1, -0.05) is 25.6 Å². The number of methoxy groups -OCH3 is 1. The van der Waals surface area contributed by atoms with E-state index >= 15 is 0 Å². The number of hydrazine groups is 1. The van der Waals surface area contributed by atoms with Crippen LogP contribution in [0.25, 0.3) is 0 Å². The number of primary amides is 1. The number of aryl methyl sites for hydroxylation is 1. The van der Waals surface area contributed by atoms with Crippen molar-refractivity contribution in [3.63, 3.8) is 0 Å². The largest absolute Gasteiger partial charge is 0.743 e. The number of nitrogens with zero attached hydrogens (tertiary/aromatic N) is 6. The summed E-state index contributed by atoms with van der Waals surface area (Å²) < 4.78 is 7.32. The highest BCUT2D eigenvalue weighted by molar-refractivity contribution is 5.98. The van der Waals surface area contributed by atoms with E-state index in [4.69, 9.17) is 10.5 Å². The number of benzene rings is 1. The predicted octanol–water partition coefficient (Wildman–Crippen LogP) is 3.33. The fourth-order valence-corrected chi connectivity index (χ4v) is 4.20. The first kappa shape index (κ1) is 24.9. The molecule has 190 valence electrons. The maximum Gasteiger partial charge on any atom is 0.254 e. The van der Waals surface area contributed by atoms with Crippen LogP contribution in [0.5, 0.6) is 5.75 Å². The average molecular weight is 493 g/mol. The third-order valence-corrected chi connectivity index (χ3v) is 6.05. The molecule has 0 saturated carbocycles. The molecule has 0 unspecified atom stereocenters. The third kappa shape index (κ3) is 5.39. The van der Waals surface area contributed by atoms with Gasteiger partial charge in [-0.15, -0.1) is 0 Å². The number of carbonyl (C=O) groups is 1. The molecule has 1 aliphatic heterocycles. The zero-order valence-corrected chi connectivity index (χ0v) is 20.3. The molecule has 1 saturated heterocycles. The molecule has 1 aliphatic rings. The van der Waals surface area contributed by atoms with Gasteiger partial charge in [-0.05, 0) is 37.1 Å². The van der Waals surface area contributed by atoms with E-state index in [9.17, 15) is 10.0 Å². The second-order valence-corrected chi connectivity index (χ2v) is 8.32. The molecule has 1 amide bonds. The molecule has 1 atom stereocenters. The van der Waals surface area contributed by atoms with Crippen LogP contribution in [-0.4, -0.2) is 56.0 Å². The maximum absolute atomic E-state index is 12.1. The molecule has 3 aromatic rings. The number of carbonyl (C=O) groups excluding carboxylic acids is 1. The van der Waals surface area contributed by atoms with Gasteiger partial charge in [0, 0.05) is 25.5 Å². The Morgan fingerprint density at radius 3 is 2.94 bits per heavy atom. The monoisotopic (exact) mass is 492 g/mol. The fourth-order valence-electron chi connectivity index (χ4n) is 4.20. The first-order chi connectivity index (χ1) is 17.4. The molecule has 0 spiro atoms. The van der Waals surface area contributed by atoms with E-state index in [0.717, 1.165) is 30.0 Å². The van der Waals surface area contributed by atoms with Crippen molar-refractivity contribution < 1.29 is 9.53 Å². The van der Waals surface area contributed by atoms with Gasteiger partial charge in [0.1, 0.15) is 17.1 Å². The quantitative estimate of drug-likeness (QED) is 0.360. The van der Waals surface area contributed by atoms with Gasteiger partial charge < -0.3 is 31.5 Å². The second-order valence-electron chi connectivity index (χ2n) is 8.32. The Morgan fingerprint density at radius 1 is 1.39 bits per heavy atom. The van der Waals surface area contributed by atoms with Gasteiger partial charge >= 0.3 is 0 Å². The molecular formula is C24H30N9O3-. The summed E-state index contributed by atoms with van der Waals surface area (Å²) >= 11 is 0. The van der Waals surface area contributed by atoms with Crippen molar-refractivity contribution >= 4 is 29.0 Å². The van der Waals surface area contributed by atoms with E-state index in [1.165, 1.54) is 12.4 Å². The number of nitrogens with two attached hydrogens (primary N) is 1. The van der Waals surface area contributed by atoms with Crippen LogP contribution in [0.4, 0.5) is 23.1 Å². The Morgan fingerprint density at radius 2 is 2.22 bits per heavy atom. The number of rotatable bonds is 10. The highest BCUT2D eigenvalue weighted by Crippen LogP contribution is 2.32. The highest BCUT2D eigenvalue weighted by atomic mass is 16.5. The van der Waals surface area contributed by atoms with Crippen molar-refractivity contribution in [1.82, 2.24) is 29.9 Å². The second kappa shape index (κ2) is 11.1. The van der Waals surface area contributed by atoms with Gasteiger partial charge in [0.2, 0.25) is 5.95 Å². The number of para-hydroxylation sites is 1. The molecule has 36 heavy (non-hydrogen) atoms. The number of nitrogens with one attached hydrogen (secondary N) is 2. The van der Waals surface area contributed by atoms with Crippen molar-refractivity contribution in [2.75, 3.05) is 30.8 Å². The summed E-state index contributed by atoms with van der Waals surface area (Å²) in [6.45, 7) is 6.78. The van der Waals surface area contributed by atoms with Crippen molar-refractivity contribution in [3.8, 4) is 5.75 Å². The lowest BCUT2D eigenvalue weighted by molar-refractivity contribution is 0.0223. The lowest BCUT2D eigenvalue weighted by Gasteiger charge is -2.43. The first-order valence-electron chi connectivity index (χ1n) is 11.7. The Kier molecular flexibility index (Phi) is 7.66. The summed E-state index contributed by atoms with van der Waals surface area (Å²) in [6, 6.07) is 5.74. The number of hydroxylamine groups is 1. The summed E-state index contributed by atoms with van der Waals surface area (Å²) in [7, 11) is 1.58. The maximum atomic E-state index is 12.1. The Bertz CT molecular complexity index is 1210. The number of hydrogen-bond donors (Lipinski definition) is 3. The molecule has 2 aromatic heterocycles. The molecule has 12 nitrogen and oxygen atoms in total. The van der Waals surface area contributed by atoms with E-state index in [1.54, 1.807) is 18.3 Å². The van der Waals surface area contributed by atoms with Gasteiger partial charge in [0.15, 0.2) is 0 Å². The van der Waals surface area contributed by atoms with E-state index in [-0.39, 0.29) is 23.4 Å². The van der Waals surface area contributed by atoms with Gasteiger partial charge in [-0.3, -0.25) is 9.48 Å². The number of aromatic nitrogens is 4. The summed E-state index contributed by atoms with van der Waals surface area (Å²) in [5, 5.41) is 25.2. The highest BCUT2D eigenvalue weighted by Gasteiger charge is 2.22. The van der Waals surface area contributed by atoms with Gasteiger partial charge in [-0.25, -0.2) is 9.99 Å². The smallest absolute Gasteiger partial charge is 0.254 e. The van der Waals surface area contributed by atoms with Gasteiger partial charge in [0.25, 0.3) is 5.91 Å². The van der Waals surface area contributed by atoms with Gasteiger partial charge in [-0.2, -0.15) is 10.1 Å². The van der Waals surface area contributed by atoms with Crippen molar-refractivity contribution in [1.29, 1.82) is 0 Å². The molecule has 1 fully saturated rings. The summed E-state index contributed by atoms with van der Waals surface area (Å²) in [5.41, 5.74) is 8.09. The van der Waals surface area contributed by atoms with Crippen LogP contribution < -0.4 is 21.1 Å². The molecule has 0 radical (unpaired) electrons. The van der Waals surface area contributed by atoms with E-state index in [2.05, 4.69) is 32.3 Å². The first-order valence-corrected chi connectivity index (χ1v) is 11.7. The normalized spacial score (nSPS) is 15.8. The molecule has 12 heteroatoms. The predicted molar refractivity (Wildman–Crippen MR) is 137 cm³/mol. The standard InChI is InChI=1S/C24H30N9O3/c1-4-16-8-6-10-20(36-3)21(16)29-23-19(22(25)34)13-26-24(30-23)28-17-12-27-32(14-17)18-9-7-11-31(15-18)33(35)5-2/h5-6,8,10,12-14,18H,2,4,7,9,11,15H2,1,3H3,(H2,25,34)(H2,26,28,29,30)/q-1/t18-/m1/s1. The average Bonchev–Trinajstić information content (AvgIpc) is 3.36. The minimum atomic E-state index is -0.654. The topological polar surface area (TPSA) is 150 Å². The van der Waals surface area contributed by atoms with E-state index in [0.29, 0.717) is 30.2 Å². The lowest BCUT2D eigenvalue weighted by atomic mass is 10.1. The van der Waals surface area contributed by atoms with Crippen LogP contribution in [0.15, 0.2) is 49.6 Å². The van der Waals surface area contributed by atoms with Crippen LogP contribution in [-0.2, 0) is 6.42 Å². The van der Waals surface area contributed by atoms with Crippen LogP contribution in [0, 0.1) is 5.21 Å². The SMILES string of the molecule is C=CN([O-])N1CCC[C@@H](n2cc(Nc3ncc(C(N)=O)c(Nc4c(CC)cccc4OC)n3)cn2)C1. The van der Waals surface area contributed by atoms with Crippen LogP contribution in [0.2, 0.25) is 0 Å². The number of piperidine rings is 1. The minimum absolute atomic E-state index is 0.0408. The Hall–Kier alpha value is -4.16. The number of ether oxygens (including phenoxy) is 1. The van der Waals surface area contributed by atoms with Crippen LogP contribution in [0.1, 0.15) is 41.7 Å². The summed E-state index contributed by atoms with van der Waals surface area (Å²) in [6.07, 6.45) is 8.65. The van der Waals surface area contributed by atoms with E-state index in [1.807, 2.05) is 36.0 Å². The molecule has 4 rings (SSSR count). The zero-order valence-electron chi connectivity index (χ0n) is 20.3. The van der Waals surface area contributed by atoms with Crippen molar-refractivity contribution in [3.05, 3.63) is 65.9 Å². The third-order valence-electron chi connectivity index (χ3n) is 6.05. The van der Waals surface area contributed by atoms with Crippen LogP contribution in [0.3, 0.4) is 0 Å². The Balaban J connectivity index is 1.56. The lowest BCUT2D eigenvalue weighted by Crippen LogP contribution is -2.43. The van der Waals surface area contributed by atoms with Crippen molar-refractivity contribution in [2.24, 2.45) is 5.73 Å². The molecular weight excluding hydrogens is 462 g/mol. The molecule has 3 heterocycles. The molecule has 0 bridgehead atoms. The number of hydrogen-bond acceptors (Lipinski definition) is 10. The van der Waals surface area contributed by atoms with E-state index < -0.39 is 5.91 Å². The Labute approximate surface area is 209 Å². The summed E-state index contributed by atoms with van der Waals surface area (Å²) in [4.78, 5) is 20.8. The molecule has 0 aliphatic carbocycles.